The summed E-state index contributed by atoms with van der Waals surface area (Å²) in [4.78, 5) is 4.86. The Balaban J connectivity index is 1.39. The van der Waals surface area contributed by atoms with Crippen molar-refractivity contribution in [3.8, 4) is 0 Å². The molecule has 25 heavy (non-hydrogen) atoms. The van der Waals surface area contributed by atoms with E-state index in [1.165, 1.54) is 17.7 Å². The smallest absolute Gasteiger partial charge is 0.0594 e. The monoisotopic (exact) mass is 347 g/mol. The van der Waals surface area contributed by atoms with Gasteiger partial charge in [0.2, 0.25) is 0 Å². The van der Waals surface area contributed by atoms with Crippen LogP contribution in [-0.4, -0.2) is 68.6 Å². The topological polar surface area (TPSA) is 48.0 Å². The van der Waals surface area contributed by atoms with Crippen LogP contribution >= 0.6 is 0 Å². The summed E-state index contributed by atoms with van der Waals surface area (Å²) in [6, 6.07) is 9.29. The van der Waals surface area contributed by atoms with Crippen molar-refractivity contribution in [1.82, 2.24) is 10.2 Å². The average Bonchev–Trinajstić information content (AvgIpc) is 2.67. The number of aliphatic hydroxyl groups excluding tert-OH is 1. The summed E-state index contributed by atoms with van der Waals surface area (Å²) in [5.41, 5.74) is 2.61. The zero-order chi connectivity index (χ0) is 17.5. The number of benzene rings is 1. The molecule has 0 spiro atoms. The third-order valence-electron chi connectivity index (χ3n) is 5.43. The van der Waals surface area contributed by atoms with Crippen LogP contribution in [-0.2, 0) is 4.74 Å². The maximum absolute atomic E-state index is 9.63. The number of anilines is 1. The Labute approximate surface area is 152 Å². The number of hydrogen-bond acceptors (Lipinski definition) is 5. The van der Waals surface area contributed by atoms with E-state index in [1.54, 1.807) is 0 Å². The van der Waals surface area contributed by atoms with E-state index in [-0.39, 0.29) is 6.10 Å². The van der Waals surface area contributed by atoms with Gasteiger partial charge in [-0.3, -0.25) is 4.90 Å². The fraction of sp³-hybridized carbons (Fsp3) is 0.700. The highest BCUT2D eigenvalue weighted by molar-refractivity contribution is 5.48. The summed E-state index contributed by atoms with van der Waals surface area (Å²) < 4.78 is 5.39. The van der Waals surface area contributed by atoms with Crippen LogP contribution in [0.3, 0.4) is 0 Å². The molecule has 2 N–H and O–H groups in total. The number of nitrogens with zero attached hydrogens (tertiary/aromatic N) is 2. The number of nitrogens with one attached hydrogen (secondary N) is 1. The third-order valence-corrected chi connectivity index (χ3v) is 5.43. The molecule has 3 rings (SSSR count). The maximum Gasteiger partial charge on any atom is 0.0594 e. The van der Waals surface area contributed by atoms with E-state index < -0.39 is 0 Å². The Morgan fingerprint density at radius 2 is 1.80 bits per heavy atom. The number of aliphatic hydroxyl groups is 1. The predicted octanol–water partition coefficient (Wildman–Crippen LogP) is 2.02. The Hall–Kier alpha value is -1.14. The number of hydrogen-bond donors (Lipinski definition) is 2. The molecular formula is C20H33N3O2. The standard InChI is InChI=1S/C20H33N3O2/c1-17(21-9-2-10-22-13-15-25-16-14-22)18-3-5-19(6-4-18)23-11-7-20(24)8-12-23/h3-6,17,20-21,24H,2,7-16H2,1H3. The van der Waals surface area contributed by atoms with Crippen molar-refractivity contribution in [2.45, 2.75) is 38.3 Å². The lowest BCUT2D eigenvalue weighted by Crippen LogP contribution is -2.37. The number of morpholine rings is 1. The molecule has 2 heterocycles. The van der Waals surface area contributed by atoms with Crippen molar-refractivity contribution < 1.29 is 9.84 Å². The number of piperidine rings is 1. The molecule has 1 unspecified atom stereocenters. The summed E-state index contributed by atoms with van der Waals surface area (Å²) in [5.74, 6) is 0. The summed E-state index contributed by atoms with van der Waals surface area (Å²) >= 11 is 0. The van der Waals surface area contributed by atoms with Gasteiger partial charge in [0.15, 0.2) is 0 Å². The van der Waals surface area contributed by atoms with Gasteiger partial charge in [-0.05, 0) is 57.0 Å². The van der Waals surface area contributed by atoms with E-state index in [1.807, 2.05) is 0 Å². The second-order valence-corrected chi connectivity index (χ2v) is 7.29. The summed E-state index contributed by atoms with van der Waals surface area (Å²) in [6.07, 6.45) is 2.82. The molecule has 5 nitrogen and oxygen atoms in total. The van der Waals surface area contributed by atoms with Crippen LogP contribution in [0.25, 0.3) is 0 Å². The van der Waals surface area contributed by atoms with Gasteiger partial charge in [-0.2, -0.15) is 0 Å². The lowest BCUT2D eigenvalue weighted by atomic mass is 10.0. The summed E-state index contributed by atoms with van der Waals surface area (Å²) in [6.45, 7) is 10.3. The molecule has 2 saturated heterocycles. The zero-order valence-corrected chi connectivity index (χ0v) is 15.5. The highest BCUT2D eigenvalue weighted by Crippen LogP contribution is 2.22. The van der Waals surface area contributed by atoms with Gasteiger partial charge in [0.25, 0.3) is 0 Å². The summed E-state index contributed by atoms with van der Waals surface area (Å²) in [5, 5.41) is 13.3. The van der Waals surface area contributed by atoms with Gasteiger partial charge in [-0.15, -0.1) is 0 Å². The maximum atomic E-state index is 9.63. The van der Waals surface area contributed by atoms with Crippen LogP contribution in [0.4, 0.5) is 5.69 Å². The first-order valence-electron chi connectivity index (χ1n) is 9.79. The van der Waals surface area contributed by atoms with Gasteiger partial charge in [0.05, 0.1) is 19.3 Å². The van der Waals surface area contributed by atoms with Gasteiger partial charge in [-0.25, -0.2) is 0 Å². The predicted molar refractivity (Wildman–Crippen MR) is 102 cm³/mol. The number of rotatable bonds is 7. The Morgan fingerprint density at radius 3 is 2.48 bits per heavy atom. The van der Waals surface area contributed by atoms with Crippen molar-refractivity contribution in [3.05, 3.63) is 29.8 Å². The van der Waals surface area contributed by atoms with Gasteiger partial charge in [0.1, 0.15) is 0 Å². The highest BCUT2D eigenvalue weighted by atomic mass is 16.5. The molecule has 0 radical (unpaired) electrons. The van der Waals surface area contributed by atoms with Crippen LogP contribution < -0.4 is 10.2 Å². The molecule has 0 bridgehead atoms. The molecule has 1 aromatic rings. The van der Waals surface area contributed by atoms with Crippen molar-refractivity contribution in [3.63, 3.8) is 0 Å². The van der Waals surface area contributed by atoms with E-state index in [4.69, 9.17) is 4.74 Å². The molecule has 5 heteroatoms. The third kappa shape index (κ3) is 5.68. The lowest BCUT2D eigenvalue weighted by molar-refractivity contribution is 0.0374. The van der Waals surface area contributed by atoms with Crippen molar-refractivity contribution in [2.75, 3.05) is 57.4 Å². The fourth-order valence-electron chi connectivity index (χ4n) is 3.66. The first-order chi connectivity index (χ1) is 12.2. The van der Waals surface area contributed by atoms with Crippen molar-refractivity contribution >= 4 is 5.69 Å². The minimum atomic E-state index is -0.114. The molecule has 0 aromatic heterocycles. The van der Waals surface area contributed by atoms with Gasteiger partial charge in [0, 0.05) is 37.9 Å². The quantitative estimate of drug-likeness (QED) is 0.739. The first-order valence-corrected chi connectivity index (χ1v) is 9.79. The van der Waals surface area contributed by atoms with Crippen LogP contribution in [0, 0.1) is 0 Å². The molecule has 0 saturated carbocycles. The molecule has 140 valence electrons. The second-order valence-electron chi connectivity index (χ2n) is 7.29. The largest absolute Gasteiger partial charge is 0.393 e. The van der Waals surface area contributed by atoms with Gasteiger partial charge < -0.3 is 20.1 Å². The summed E-state index contributed by atoms with van der Waals surface area (Å²) in [7, 11) is 0. The van der Waals surface area contributed by atoms with Crippen LogP contribution in [0.2, 0.25) is 0 Å². The average molecular weight is 348 g/mol. The zero-order valence-electron chi connectivity index (χ0n) is 15.5. The Bertz CT molecular complexity index is 494. The van der Waals surface area contributed by atoms with E-state index in [0.29, 0.717) is 6.04 Å². The van der Waals surface area contributed by atoms with Crippen LogP contribution in [0.15, 0.2) is 24.3 Å². The fourth-order valence-corrected chi connectivity index (χ4v) is 3.66. The van der Waals surface area contributed by atoms with Crippen molar-refractivity contribution in [2.24, 2.45) is 0 Å². The molecule has 2 aliphatic rings. The second kappa shape index (κ2) is 9.53. The normalized spacial score (nSPS) is 21.4. The molecule has 2 fully saturated rings. The first kappa shape index (κ1) is 18.6. The van der Waals surface area contributed by atoms with E-state index in [2.05, 4.69) is 46.3 Å². The number of ether oxygens (including phenoxy) is 1. The Kier molecular flexibility index (Phi) is 7.11. The molecular weight excluding hydrogens is 314 g/mol. The minimum absolute atomic E-state index is 0.114. The van der Waals surface area contributed by atoms with Crippen LogP contribution in [0.5, 0.6) is 0 Å². The van der Waals surface area contributed by atoms with Crippen LogP contribution in [0.1, 0.15) is 37.8 Å². The van der Waals surface area contributed by atoms with E-state index in [0.717, 1.165) is 65.3 Å². The van der Waals surface area contributed by atoms with Gasteiger partial charge >= 0.3 is 0 Å². The SMILES string of the molecule is CC(NCCCN1CCOCC1)c1ccc(N2CCC(O)CC2)cc1. The van der Waals surface area contributed by atoms with E-state index >= 15 is 0 Å². The van der Waals surface area contributed by atoms with Crippen molar-refractivity contribution in [1.29, 1.82) is 0 Å². The lowest BCUT2D eigenvalue weighted by Gasteiger charge is -2.31. The molecule has 1 atom stereocenters. The van der Waals surface area contributed by atoms with Gasteiger partial charge in [-0.1, -0.05) is 12.1 Å². The molecule has 2 aliphatic heterocycles. The minimum Gasteiger partial charge on any atom is -0.393 e. The Morgan fingerprint density at radius 1 is 1.12 bits per heavy atom. The van der Waals surface area contributed by atoms with E-state index in [9.17, 15) is 5.11 Å². The molecule has 1 aromatic carbocycles. The highest BCUT2D eigenvalue weighted by Gasteiger charge is 2.17. The molecule has 0 amide bonds. The molecule has 0 aliphatic carbocycles.